The molecule has 0 saturated carbocycles. The predicted octanol–water partition coefficient (Wildman–Crippen LogP) is 2.41. The first-order chi connectivity index (χ1) is 8.84. The summed E-state index contributed by atoms with van der Waals surface area (Å²) in [6.45, 7) is 1.74. The quantitative estimate of drug-likeness (QED) is 0.813. The zero-order valence-electron chi connectivity index (χ0n) is 10.2. The second-order valence-electron chi connectivity index (χ2n) is 4.64. The average Bonchev–Trinajstić information content (AvgIpc) is 2.92. The van der Waals surface area contributed by atoms with E-state index in [1.54, 1.807) is 6.20 Å². The van der Waals surface area contributed by atoms with E-state index in [0.717, 1.165) is 41.7 Å². The highest BCUT2D eigenvalue weighted by atomic mass is 16.5. The molecule has 0 radical (unpaired) electrons. The predicted molar refractivity (Wildman–Crippen MR) is 73.6 cm³/mol. The van der Waals surface area contributed by atoms with Crippen molar-refractivity contribution >= 4 is 22.1 Å². The molecule has 1 aromatic carbocycles. The van der Waals surface area contributed by atoms with E-state index in [2.05, 4.69) is 10.3 Å². The smallest absolute Gasteiger partial charge is 0.0748 e. The summed E-state index contributed by atoms with van der Waals surface area (Å²) in [5.41, 5.74) is 7.81. The van der Waals surface area contributed by atoms with Gasteiger partial charge < -0.3 is 15.8 Å². The number of nitrogens with zero attached hydrogens (tertiary/aromatic N) is 1. The van der Waals surface area contributed by atoms with Crippen LogP contribution in [-0.2, 0) is 4.74 Å². The topological polar surface area (TPSA) is 60.2 Å². The van der Waals surface area contributed by atoms with Crippen LogP contribution >= 0.6 is 0 Å². The fourth-order valence-corrected chi connectivity index (χ4v) is 2.40. The van der Waals surface area contributed by atoms with Gasteiger partial charge in [0.1, 0.15) is 0 Å². The number of aromatic nitrogens is 1. The number of rotatable bonds is 3. The van der Waals surface area contributed by atoms with Gasteiger partial charge in [0.15, 0.2) is 0 Å². The monoisotopic (exact) mass is 243 g/mol. The first-order valence-electron chi connectivity index (χ1n) is 6.32. The van der Waals surface area contributed by atoms with Gasteiger partial charge in [0.05, 0.1) is 6.10 Å². The van der Waals surface area contributed by atoms with E-state index >= 15 is 0 Å². The van der Waals surface area contributed by atoms with Crippen LogP contribution in [0.15, 0.2) is 30.6 Å². The van der Waals surface area contributed by atoms with Crippen molar-refractivity contribution in [1.29, 1.82) is 0 Å². The van der Waals surface area contributed by atoms with Crippen molar-refractivity contribution in [1.82, 2.24) is 4.98 Å². The van der Waals surface area contributed by atoms with E-state index < -0.39 is 0 Å². The normalized spacial score (nSPS) is 19.2. The molecule has 3 N–H and O–H groups in total. The van der Waals surface area contributed by atoms with Gasteiger partial charge in [0.2, 0.25) is 0 Å². The molecule has 1 saturated heterocycles. The second-order valence-corrected chi connectivity index (χ2v) is 4.64. The number of fused-ring (bicyclic) bond motifs is 1. The number of benzene rings is 1. The van der Waals surface area contributed by atoms with Gasteiger partial charge in [0, 0.05) is 47.7 Å². The molecule has 4 heteroatoms. The number of hydrogen-bond acceptors (Lipinski definition) is 4. The van der Waals surface area contributed by atoms with Gasteiger partial charge in [-0.05, 0) is 31.0 Å². The first kappa shape index (κ1) is 11.3. The van der Waals surface area contributed by atoms with E-state index in [1.807, 2.05) is 24.4 Å². The highest BCUT2D eigenvalue weighted by molar-refractivity contribution is 6.00. The summed E-state index contributed by atoms with van der Waals surface area (Å²) in [7, 11) is 0. The third-order valence-corrected chi connectivity index (χ3v) is 3.40. The van der Waals surface area contributed by atoms with E-state index in [1.165, 1.54) is 6.42 Å². The molecular weight excluding hydrogens is 226 g/mol. The maximum absolute atomic E-state index is 5.95. The molecule has 2 aromatic rings. The van der Waals surface area contributed by atoms with Crippen LogP contribution in [0.4, 0.5) is 11.4 Å². The molecule has 1 fully saturated rings. The molecular formula is C14H17N3O. The van der Waals surface area contributed by atoms with Crippen molar-refractivity contribution in [2.24, 2.45) is 0 Å². The minimum atomic E-state index is 0.333. The molecule has 0 spiro atoms. The highest BCUT2D eigenvalue weighted by Gasteiger charge is 2.15. The largest absolute Gasteiger partial charge is 0.398 e. The molecule has 0 aliphatic carbocycles. The molecule has 1 aliphatic rings. The fourth-order valence-electron chi connectivity index (χ4n) is 2.40. The Morgan fingerprint density at radius 1 is 1.33 bits per heavy atom. The molecule has 1 atom stereocenters. The van der Waals surface area contributed by atoms with Crippen LogP contribution in [0, 0.1) is 0 Å². The second kappa shape index (κ2) is 4.82. The maximum Gasteiger partial charge on any atom is 0.0748 e. The van der Waals surface area contributed by atoms with Crippen molar-refractivity contribution in [3.8, 4) is 0 Å². The van der Waals surface area contributed by atoms with Crippen molar-refractivity contribution in [3.05, 3.63) is 30.6 Å². The van der Waals surface area contributed by atoms with Crippen LogP contribution in [-0.4, -0.2) is 24.2 Å². The molecule has 94 valence electrons. The Morgan fingerprint density at radius 3 is 3.11 bits per heavy atom. The van der Waals surface area contributed by atoms with Crippen molar-refractivity contribution in [2.45, 2.75) is 18.9 Å². The minimum Gasteiger partial charge on any atom is -0.398 e. The van der Waals surface area contributed by atoms with Crippen molar-refractivity contribution < 1.29 is 4.74 Å². The SMILES string of the molecule is Nc1ccc(NCC2CCCO2)c2ccncc12. The van der Waals surface area contributed by atoms with Crippen molar-refractivity contribution in [3.63, 3.8) is 0 Å². The number of ether oxygens (including phenoxy) is 1. The number of anilines is 2. The molecule has 1 unspecified atom stereocenters. The standard InChI is InChI=1S/C14H17N3O/c15-13-3-4-14(11-5-6-16-9-12(11)13)17-8-10-2-1-7-18-10/h3-6,9-10,17H,1-2,7-8,15H2. The lowest BCUT2D eigenvalue weighted by molar-refractivity contribution is 0.120. The molecule has 0 amide bonds. The number of pyridine rings is 1. The van der Waals surface area contributed by atoms with Gasteiger partial charge in [-0.2, -0.15) is 0 Å². The molecule has 2 heterocycles. The van der Waals surface area contributed by atoms with Gasteiger partial charge in [-0.3, -0.25) is 4.98 Å². The summed E-state index contributed by atoms with van der Waals surface area (Å²) >= 11 is 0. The molecule has 18 heavy (non-hydrogen) atoms. The Morgan fingerprint density at radius 2 is 2.28 bits per heavy atom. The van der Waals surface area contributed by atoms with Crippen LogP contribution < -0.4 is 11.1 Å². The van der Waals surface area contributed by atoms with Gasteiger partial charge in [-0.25, -0.2) is 0 Å². The minimum absolute atomic E-state index is 0.333. The van der Waals surface area contributed by atoms with Gasteiger partial charge >= 0.3 is 0 Å². The Bertz CT molecular complexity index is 550. The lowest BCUT2D eigenvalue weighted by atomic mass is 10.1. The zero-order chi connectivity index (χ0) is 12.4. The molecule has 1 aromatic heterocycles. The van der Waals surface area contributed by atoms with Crippen LogP contribution in [0.5, 0.6) is 0 Å². The summed E-state index contributed by atoms with van der Waals surface area (Å²) in [6, 6.07) is 5.93. The Labute approximate surface area is 106 Å². The van der Waals surface area contributed by atoms with E-state index in [0.29, 0.717) is 6.10 Å². The van der Waals surface area contributed by atoms with Crippen LogP contribution in [0.3, 0.4) is 0 Å². The average molecular weight is 243 g/mol. The Hall–Kier alpha value is -1.81. The molecule has 1 aliphatic heterocycles. The van der Waals surface area contributed by atoms with E-state index in [-0.39, 0.29) is 0 Å². The number of nitrogens with one attached hydrogen (secondary N) is 1. The Kier molecular flexibility index (Phi) is 3.02. The summed E-state index contributed by atoms with van der Waals surface area (Å²) in [5.74, 6) is 0. The van der Waals surface area contributed by atoms with Crippen LogP contribution in [0.25, 0.3) is 10.8 Å². The lowest BCUT2D eigenvalue weighted by Gasteiger charge is -2.14. The van der Waals surface area contributed by atoms with Crippen molar-refractivity contribution in [2.75, 3.05) is 24.2 Å². The Balaban J connectivity index is 1.85. The van der Waals surface area contributed by atoms with Crippen LogP contribution in [0.2, 0.25) is 0 Å². The van der Waals surface area contributed by atoms with E-state index in [9.17, 15) is 0 Å². The third-order valence-electron chi connectivity index (χ3n) is 3.40. The summed E-state index contributed by atoms with van der Waals surface area (Å²) in [4.78, 5) is 4.12. The molecule has 4 nitrogen and oxygen atoms in total. The maximum atomic E-state index is 5.95. The number of hydrogen-bond donors (Lipinski definition) is 2. The summed E-state index contributed by atoms with van der Waals surface area (Å²) in [6.07, 6.45) is 6.24. The highest BCUT2D eigenvalue weighted by Crippen LogP contribution is 2.27. The first-order valence-corrected chi connectivity index (χ1v) is 6.32. The number of nitrogen functional groups attached to an aromatic ring is 1. The lowest BCUT2D eigenvalue weighted by Crippen LogP contribution is -2.18. The number of nitrogens with two attached hydrogens (primary N) is 1. The fraction of sp³-hybridized carbons (Fsp3) is 0.357. The third kappa shape index (κ3) is 2.11. The summed E-state index contributed by atoms with van der Waals surface area (Å²) < 4.78 is 5.61. The summed E-state index contributed by atoms with van der Waals surface area (Å²) in [5, 5.41) is 5.56. The van der Waals surface area contributed by atoms with Gasteiger partial charge in [-0.1, -0.05) is 0 Å². The van der Waals surface area contributed by atoms with E-state index in [4.69, 9.17) is 10.5 Å². The molecule has 3 rings (SSSR count). The molecule has 0 bridgehead atoms. The van der Waals surface area contributed by atoms with Gasteiger partial charge in [0.25, 0.3) is 0 Å². The van der Waals surface area contributed by atoms with Gasteiger partial charge in [-0.15, -0.1) is 0 Å². The van der Waals surface area contributed by atoms with Crippen LogP contribution in [0.1, 0.15) is 12.8 Å². The zero-order valence-corrected chi connectivity index (χ0v) is 10.2.